The van der Waals surface area contributed by atoms with E-state index in [0.29, 0.717) is 36.1 Å². The molecular formula is C22H24N4O5. The van der Waals surface area contributed by atoms with E-state index < -0.39 is 10.8 Å². The van der Waals surface area contributed by atoms with Crippen LogP contribution < -0.4 is 14.8 Å². The number of nitro groups is 1. The highest BCUT2D eigenvalue weighted by molar-refractivity contribution is 6.03. The second-order valence-corrected chi connectivity index (χ2v) is 6.74. The van der Waals surface area contributed by atoms with E-state index in [2.05, 4.69) is 10.4 Å². The van der Waals surface area contributed by atoms with E-state index in [0.717, 1.165) is 12.8 Å². The number of non-ortho nitro benzene ring substituents is 1. The largest absolute Gasteiger partial charge is 0.490 e. The molecule has 0 fully saturated rings. The number of hydrogen-bond donors (Lipinski definition) is 1. The lowest BCUT2D eigenvalue weighted by Gasteiger charge is -2.14. The summed E-state index contributed by atoms with van der Waals surface area (Å²) in [7, 11) is 0. The van der Waals surface area contributed by atoms with Crippen LogP contribution in [0.4, 0.5) is 11.4 Å². The Morgan fingerprint density at radius 1 is 1.06 bits per heavy atom. The van der Waals surface area contributed by atoms with Gasteiger partial charge in [0.25, 0.3) is 11.6 Å². The maximum absolute atomic E-state index is 12.6. The van der Waals surface area contributed by atoms with Gasteiger partial charge in [-0.3, -0.25) is 14.9 Å². The smallest absolute Gasteiger partial charge is 0.276 e. The number of aromatic nitrogens is 2. The van der Waals surface area contributed by atoms with Gasteiger partial charge in [0.05, 0.1) is 23.8 Å². The normalized spacial score (nSPS) is 10.5. The Hall–Kier alpha value is -3.88. The van der Waals surface area contributed by atoms with E-state index in [1.54, 1.807) is 42.6 Å². The van der Waals surface area contributed by atoms with Gasteiger partial charge in [-0.05, 0) is 37.1 Å². The first-order chi connectivity index (χ1) is 15.0. The van der Waals surface area contributed by atoms with Crippen LogP contribution in [0.5, 0.6) is 11.5 Å². The Bertz CT molecular complexity index is 1060. The number of nitrogens with zero attached hydrogens (tertiary/aromatic N) is 3. The molecule has 162 valence electrons. The van der Waals surface area contributed by atoms with E-state index in [-0.39, 0.29) is 11.4 Å². The third-order valence-corrected chi connectivity index (χ3v) is 4.25. The number of carbonyl (C=O) groups is 1. The molecule has 3 rings (SSSR count). The van der Waals surface area contributed by atoms with Gasteiger partial charge in [0.1, 0.15) is 0 Å². The van der Waals surface area contributed by atoms with Gasteiger partial charge in [0.2, 0.25) is 0 Å². The molecule has 0 radical (unpaired) electrons. The first kappa shape index (κ1) is 21.8. The van der Waals surface area contributed by atoms with Gasteiger partial charge in [-0.1, -0.05) is 19.9 Å². The summed E-state index contributed by atoms with van der Waals surface area (Å²) in [6, 6.07) is 12.8. The molecule has 0 aliphatic heterocycles. The lowest BCUT2D eigenvalue weighted by molar-refractivity contribution is -0.384. The third kappa shape index (κ3) is 5.59. The van der Waals surface area contributed by atoms with Gasteiger partial charge < -0.3 is 14.8 Å². The van der Waals surface area contributed by atoms with E-state index in [1.165, 1.54) is 16.8 Å². The van der Waals surface area contributed by atoms with Crippen molar-refractivity contribution in [2.75, 3.05) is 18.5 Å². The lowest BCUT2D eigenvalue weighted by atomic mass is 10.2. The van der Waals surface area contributed by atoms with Crippen molar-refractivity contribution in [2.24, 2.45) is 0 Å². The average molecular weight is 424 g/mol. The number of nitrogens with one attached hydrogen (secondary N) is 1. The minimum absolute atomic E-state index is 0.0519. The fraction of sp³-hybridized carbons (Fsp3) is 0.273. The molecule has 0 bridgehead atoms. The lowest BCUT2D eigenvalue weighted by Crippen LogP contribution is -2.13. The zero-order valence-electron chi connectivity index (χ0n) is 17.4. The molecular weight excluding hydrogens is 400 g/mol. The highest BCUT2D eigenvalue weighted by Gasteiger charge is 2.14. The standard InChI is InChI=1S/C22H24N4O5/c1-3-12-30-20-9-8-16(14-21(20)31-13-4-2)23-22(27)19-10-11-25(24-19)17-6-5-7-18(15-17)26(28)29/h5-11,14-15H,3-4,12-13H2,1-2H3,(H,23,27). The van der Waals surface area contributed by atoms with Crippen LogP contribution in [0.1, 0.15) is 37.2 Å². The van der Waals surface area contributed by atoms with Crippen molar-refractivity contribution in [1.29, 1.82) is 0 Å². The minimum atomic E-state index is -0.479. The van der Waals surface area contributed by atoms with Crippen molar-refractivity contribution in [2.45, 2.75) is 26.7 Å². The summed E-state index contributed by atoms with van der Waals surface area (Å²) in [6.07, 6.45) is 3.29. The second kappa shape index (κ2) is 10.2. The Morgan fingerprint density at radius 2 is 1.81 bits per heavy atom. The van der Waals surface area contributed by atoms with Crippen molar-refractivity contribution >= 4 is 17.3 Å². The fourth-order valence-electron chi connectivity index (χ4n) is 2.77. The maximum atomic E-state index is 12.6. The average Bonchev–Trinajstić information content (AvgIpc) is 3.27. The van der Waals surface area contributed by atoms with Crippen molar-refractivity contribution in [3.05, 3.63) is 70.5 Å². The van der Waals surface area contributed by atoms with Gasteiger partial charge in [-0.25, -0.2) is 4.68 Å². The van der Waals surface area contributed by atoms with Crippen LogP contribution in [0.15, 0.2) is 54.7 Å². The molecule has 1 N–H and O–H groups in total. The van der Waals surface area contributed by atoms with Gasteiger partial charge in [0, 0.05) is 30.1 Å². The number of amides is 1. The molecule has 0 unspecified atom stereocenters. The van der Waals surface area contributed by atoms with Crippen molar-refractivity contribution in [3.8, 4) is 17.2 Å². The van der Waals surface area contributed by atoms with Gasteiger partial charge >= 0.3 is 0 Å². The molecule has 0 aliphatic rings. The van der Waals surface area contributed by atoms with E-state index in [4.69, 9.17) is 9.47 Å². The van der Waals surface area contributed by atoms with Gasteiger partial charge in [-0.2, -0.15) is 5.10 Å². The van der Waals surface area contributed by atoms with Crippen molar-refractivity contribution < 1.29 is 19.2 Å². The summed E-state index contributed by atoms with van der Waals surface area (Å²) >= 11 is 0. The minimum Gasteiger partial charge on any atom is -0.490 e. The zero-order valence-corrected chi connectivity index (χ0v) is 17.4. The Morgan fingerprint density at radius 3 is 2.52 bits per heavy atom. The van der Waals surface area contributed by atoms with Crippen LogP contribution in [-0.2, 0) is 0 Å². The monoisotopic (exact) mass is 424 g/mol. The van der Waals surface area contributed by atoms with Crippen LogP contribution >= 0.6 is 0 Å². The molecule has 0 saturated heterocycles. The molecule has 0 saturated carbocycles. The van der Waals surface area contributed by atoms with E-state index >= 15 is 0 Å². The molecule has 9 heteroatoms. The number of ether oxygens (including phenoxy) is 2. The van der Waals surface area contributed by atoms with Crippen LogP contribution in [0.25, 0.3) is 5.69 Å². The molecule has 0 aliphatic carbocycles. The Labute approximate surface area is 179 Å². The number of anilines is 1. The van der Waals surface area contributed by atoms with E-state index in [1.807, 2.05) is 13.8 Å². The maximum Gasteiger partial charge on any atom is 0.276 e. The number of hydrogen-bond acceptors (Lipinski definition) is 6. The molecule has 3 aromatic rings. The number of nitro benzene ring substituents is 1. The summed E-state index contributed by atoms with van der Waals surface area (Å²) in [4.78, 5) is 23.1. The SMILES string of the molecule is CCCOc1ccc(NC(=O)c2ccn(-c3cccc([N+](=O)[O-])c3)n2)cc1OCCC. The van der Waals surface area contributed by atoms with Crippen LogP contribution in [0, 0.1) is 10.1 Å². The summed E-state index contributed by atoms with van der Waals surface area (Å²) < 4.78 is 12.9. The van der Waals surface area contributed by atoms with Crippen LogP contribution in [0.2, 0.25) is 0 Å². The topological polar surface area (TPSA) is 109 Å². The Balaban J connectivity index is 1.75. The summed E-state index contributed by atoms with van der Waals surface area (Å²) in [5, 5.41) is 18.0. The predicted octanol–water partition coefficient (Wildman–Crippen LogP) is 4.61. The highest BCUT2D eigenvalue weighted by atomic mass is 16.6. The molecule has 0 atom stereocenters. The first-order valence-corrected chi connectivity index (χ1v) is 10.0. The number of rotatable bonds is 10. The predicted molar refractivity (Wildman–Crippen MR) is 116 cm³/mol. The quantitative estimate of drug-likeness (QED) is 0.376. The van der Waals surface area contributed by atoms with Gasteiger partial charge in [0.15, 0.2) is 17.2 Å². The van der Waals surface area contributed by atoms with Crippen molar-refractivity contribution in [1.82, 2.24) is 9.78 Å². The summed E-state index contributed by atoms with van der Waals surface area (Å²) in [5.74, 6) is 0.784. The summed E-state index contributed by atoms with van der Waals surface area (Å²) in [5.41, 5.74) is 1.16. The first-order valence-electron chi connectivity index (χ1n) is 10.0. The molecule has 2 aromatic carbocycles. The molecule has 1 heterocycles. The van der Waals surface area contributed by atoms with Crippen LogP contribution in [-0.4, -0.2) is 33.8 Å². The summed E-state index contributed by atoms with van der Waals surface area (Å²) in [6.45, 7) is 5.14. The second-order valence-electron chi connectivity index (χ2n) is 6.74. The number of carbonyl (C=O) groups excluding carboxylic acids is 1. The fourth-order valence-corrected chi connectivity index (χ4v) is 2.77. The third-order valence-electron chi connectivity index (χ3n) is 4.25. The van der Waals surface area contributed by atoms with Crippen LogP contribution in [0.3, 0.4) is 0 Å². The zero-order chi connectivity index (χ0) is 22.2. The molecule has 1 amide bonds. The number of benzene rings is 2. The molecule has 0 spiro atoms. The highest BCUT2D eigenvalue weighted by Crippen LogP contribution is 2.31. The van der Waals surface area contributed by atoms with Gasteiger partial charge in [-0.15, -0.1) is 0 Å². The Kier molecular flexibility index (Phi) is 7.21. The molecule has 9 nitrogen and oxygen atoms in total. The van der Waals surface area contributed by atoms with E-state index in [9.17, 15) is 14.9 Å². The molecule has 1 aromatic heterocycles. The van der Waals surface area contributed by atoms with Crippen molar-refractivity contribution in [3.63, 3.8) is 0 Å². The molecule has 31 heavy (non-hydrogen) atoms.